The molecule has 1 aromatic rings. The van der Waals surface area contributed by atoms with Gasteiger partial charge >= 0.3 is 0 Å². The van der Waals surface area contributed by atoms with E-state index in [1.165, 1.54) is 5.56 Å². The van der Waals surface area contributed by atoms with Gasteiger partial charge in [-0.1, -0.05) is 61.3 Å². The summed E-state index contributed by atoms with van der Waals surface area (Å²) in [6.45, 7) is 9.96. The SMILES string of the molecule is CCCNC(c1ccc(Cl)cc1Br)C(C)(C)C. The molecule has 0 saturated carbocycles. The van der Waals surface area contributed by atoms with Crippen LogP contribution in [0.25, 0.3) is 0 Å². The van der Waals surface area contributed by atoms with Crippen LogP contribution in [0.3, 0.4) is 0 Å². The van der Waals surface area contributed by atoms with E-state index in [4.69, 9.17) is 11.6 Å². The molecule has 0 amide bonds. The molecule has 17 heavy (non-hydrogen) atoms. The fraction of sp³-hybridized carbons (Fsp3) is 0.571. The van der Waals surface area contributed by atoms with Gasteiger partial charge in [-0.05, 0) is 36.1 Å². The third kappa shape index (κ3) is 4.27. The number of rotatable bonds is 4. The average Bonchev–Trinajstić information content (AvgIpc) is 2.19. The zero-order valence-corrected chi connectivity index (χ0v) is 13.3. The molecule has 1 atom stereocenters. The Balaban J connectivity index is 3.04. The maximum Gasteiger partial charge on any atom is 0.0417 e. The molecule has 0 fully saturated rings. The molecule has 0 aromatic heterocycles. The van der Waals surface area contributed by atoms with Gasteiger partial charge in [-0.3, -0.25) is 0 Å². The number of nitrogens with one attached hydrogen (secondary N) is 1. The molecule has 0 aliphatic rings. The molecule has 0 saturated heterocycles. The lowest BCUT2D eigenvalue weighted by atomic mass is 9.82. The highest BCUT2D eigenvalue weighted by molar-refractivity contribution is 9.10. The van der Waals surface area contributed by atoms with E-state index in [2.05, 4.69) is 55.0 Å². The summed E-state index contributed by atoms with van der Waals surface area (Å²) in [7, 11) is 0. The lowest BCUT2D eigenvalue weighted by molar-refractivity contribution is 0.272. The van der Waals surface area contributed by atoms with Crippen LogP contribution in [0.1, 0.15) is 45.7 Å². The Kier molecular flexibility index (Phi) is 5.49. The van der Waals surface area contributed by atoms with Crippen LogP contribution in [-0.4, -0.2) is 6.54 Å². The van der Waals surface area contributed by atoms with Gasteiger partial charge in [-0.15, -0.1) is 0 Å². The highest BCUT2D eigenvalue weighted by atomic mass is 79.9. The van der Waals surface area contributed by atoms with Crippen molar-refractivity contribution in [2.75, 3.05) is 6.54 Å². The van der Waals surface area contributed by atoms with E-state index in [1.807, 2.05) is 12.1 Å². The fourth-order valence-corrected chi connectivity index (χ4v) is 2.82. The second-order valence-corrected chi connectivity index (χ2v) is 6.71. The van der Waals surface area contributed by atoms with E-state index < -0.39 is 0 Å². The molecule has 0 heterocycles. The molecule has 1 rings (SSSR count). The van der Waals surface area contributed by atoms with E-state index >= 15 is 0 Å². The first-order chi connectivity index (χ1) is 7.86. The Morgan fingerprint density at radius 1 is 1.35 bits per heavy atom. The molecular weight excluding hydrogens is 298 g/mol. The van der Waals surface area contributed by atoms with Crippen molar-refractivity contribution >= 4 is 27.5 Å². The molecule has 3 heteroatoms. The molecule has 1 unspecified atom stereocenters. The summed E-state index contributed by atoms with van der Waals surface area (Å²) in [6.07, 6.45) is 1.14. The van der Waals surface area contributed by atoms with Crippen molar-refractivity contribution in [1.29, 1.82) is 0 Å². The first-order valence-electron chi connectivity index (χ1n) is 6.04. The fourth-order valence-electron chi connectivity index (χ4n) is 1.91. The number of benzene rings is 1. The number of halogens is 2. The smallest absolute Gasteiger partial charge is 0.0417 e. The van der Waals surface area contributed by atoms with Crippen LogP contribution in [0.5, 0.6) is 0 Å². The molecule has 1 nitrogen and oxygen atoms in total. The standard InChI is InChI=1S/C14H21BrClN/c1-5-8-17-13(14(2,3)4)11-7-6-10(16)9-12(11)15/h6-7,9,13,17H,5,8H2,1-4H3. The van der Waals surface area contributed by atoms with Crippen LogP contribution in [0.15, 0.2) is 22.7 Å². The number of hydrogen-bond donors (Lipinski definition) is 1. The zero-order valence-electron chi connectivity index (χ0n) is 11.0. The molecule has 0 aliphatic heterocycles. The van der Waals surface area contributed by atoms with Crippen LogP contribution in [0.4, 0.5) is 0 Å². The minimum Gasteiger partial charge on any atom is -0.309 e. The monoisotopic (exact) mass is 317 g/mol. The molecule has 1 N–H and O–H groups in total. The van der Waals surface area contributed by atoms with Crippen molar-refractivity contribution in [3.8, 4) is 0 Å². The predicted octanol–water partition coefficient (Wildman–Crippen LogP) is 5.19. The van der Waals surface area contributed by atoms with E-state index in [0.29, 0.717) is 6.04 Å². The summed E-state index contributed by atoms with van der Waals surface area (Å²) in [5.41, 5.74) is 1.45. The summed E-state index contributed by atoms with van der Waals surface area (Å²) in [5.74, 6) is 0. The Bertz CT molecular complexity index is 371. The third-order valence-electron chi connectivity index (χ3n) is 2.74. The second kappa shape index (κ2) is 6.21. The van der Waals surface area contributed by atoms with Crippen molar-refractivity contribution < 1.29 is 0 Å². The molecule has 96 valence electrons. The molecular formula is C14H21BrClN. The van der Waals surface area contributed by atoms with E-state index in [0.717, 1.165) is 22.5 Å². The first-order valence-corrected chi connectivity index (χ1v) is 7.21. The second-order valence-electron chi connectivity index (χ2n) is 5.42. The van der Waals surface area contributed by atoms with Gasteiger partial charge in [-0.25, -0.2) is 0 Å². The van der Waals surface area contributed by atoms with Gasteiger partial charge in [0.05, 0.1) is 0 Å². The normalized spacial score (nSPS) is 13.8. The zero-order chi connectivity index (χ0) is 13.1. The number of hydrogen-bond acceptors (Lipinski definition) is 1. The van der Waals surface area contributed by atoms with Gasteiger partial charge in [0, 0.05) is 15.5 Å². The van der Waals surface area contributed by atoms with Crippen LogP contribution < -0.4 is 5.32 Å². The largest absolute Gasteiger partial charge is 0.309 e. The van der Waals surface area contributed by atoms with Gasteiger partial charge in [0.1, 0.15) is 0 Å². The van der Waals surface area contributed by atoms with Crippen LogP contribution in [0.2, 0.25) is 5.02 Å². The first kappa shape index (κ1) is 15.0. The molecule has 0 bridgehead atoms. The summed E-state index contributed by atoms with van der Waals surface area (Å²) >= 11 is 9.60. The van der Waals surface area contributed by atoms with Crippen molar-refractivity contribution in [1.82, 2.24) is 5.32 Å². The Hall–Kier alpha value is -0.0500. The van der Waals surface area contributed by atoms with Crippen molar-refractivity contribution in [3.63, 3.8) is 0 Å². The maximum atomic E-state index is 5.99. The summed E-state index contributed by atoms with van der Waals surface area (Å²) in [5, 5.41) is 4.38. The Morgan fingerprint density at radius 2 is 2.00 bits per heavy atom. The average molecular weight is 319 g/mol. The minimum absolute atomic E-state index is 0.172. The quantitative estimate of drug-likeness (QED) is 0.805. The lowest BCUT2D eigenvalue weighted by Gasteiger charge is -2.33. The van der Waals surface area contributed by atoms with Gasteiger partial charge in [-0.2, -0.15) is 0 Å². The van der Waals surface area contributed by atoms with Crippen LogP contribution in [-0.2, 0) is 0 Å². The van der Waals surface area contributed by atoms with Crippen molar-refractivity contribution in [2.24, 2.45) is 5.41 Å². The highest BCUT2D eigenvalue weighted by Crippen LogP contribution is 2.37. The minimum atomic E-state index is 0.172. The van der Waals surface area contributed by atoms with Gasteiger partial charge in [0.15, 0.2) is 0 Å². The van der Waals surface area contributed by atoms with E-state index in [-0.39, 0.29) is 5.41 Å². The summed E-state index contributed by atoms with van der Waals surface area (Å²) in [6, 6.07) is 6.34. The topological polar surface area (TPSA) is 12.0 Å². The lowest BCUT2D eigenvalue weighted by Crippen LogP contribution is -2.33. The maximum absolute atomic E-state index is 5.99. The van der Waals surface area contributed by atoms with Crippen molar-refractivity contribution in [2.45, 2.75) is 40.2 Å². The van der Waals surface area contributed by atoms with Crippen LogP contribution in [0, 0.1) is 5.41 Å². The summed E-state index contributed by atoms with van der Waals surface area (Å²) < 4.78 is 1.08. The van der Waals surface area contributed by atoms with Crippen LogP contribution >= 0.6 is 27.5 Å². The van der Waals surface area contributed by atoms with Gasteiger partial charge < -0.3 is 5.32 Å². The van der Waals surface area contributed by atoms with Gasteiger partial charge in [0.25, 0.3) is 0 Å². The molecule has 0 radical (unpaired) electrons. The molecule has 1 aromatic carbocycles. The third-order valence-corrected chi connectivity index (χ3v) is 3.66. The Morgan fingerprint density at radius 3 is 2.47 bits per heavy atom. The summed E-state index contributed by atoms with van der Waals surface area (Å²) in [4.78, 5) is 0. The molecule has 0 spiro atoms. The van der Waals surface area contributed by atoms with E-state index in [1.54, 1.807) is 0 Å². The predicted molar refractivity (Wildman–Crippen MR) is 79.6 cm³/mol. The highest BCUT2D eigenvalue weighted by Gasteiger charge is 2.27. The van der Waals surface area contributed by atoms with Gasteiger partial charge in [0.2, 0.25) is 0 Å². The molecule has 0 aliphatic carbocycles. The van der Waals surface area contributed by atoms with Crippen molar-refractivity contribution in [3.05, 3.63) is 33.3 Å². The Labute approximate surface area is 118 Å². The van der Waals surface area contributed by atoms with E-state index in [9.17, 15) is 0 Å².